The van der Waals surface area contributed by atoms with Crippen LogP contribution in [0.3, 0.4) is 0 Å². The second kappa shape index (κ2) is 11.1. The van der Waals surface area contributed by atoms with E-state index in [2.05, 4.69) is 87.3 Å². The molecule has 2 aliphatic heterocycles. The van der Waals surface area contributed by atoms with Crippen LogP contribution in [0.25, 0.3) is 0 Å². The van der Waals surface area contributed by atoms with E-state index in [1.54, 1.807) is 0 Å². The van der Waals surface area contributed by atoms with Crippen molar-refractivity contribution >= 4 is 11.4 Å². The lowest BCUT2D eigenvalue weighted by atomic mass is 9.87. The van der Waals surface area contributed by atoms with Crippen LogP contribution in [0.2, 0.25) is 0 Å². The van der Waals surface area contributed by atoms with Gasteiger partial charge >= 0.3 is 0 Å². The second-order valence-electron chi connectivity index (χ2n) is 14.2. The predicted octanol–water partition coefficient (Wildman–Crippen LogP) is 2.39. The van der Waals surface area contributed by atoms with Crippen molar-refractivity contribution in [3.63, 3.8) is 0 Å². The molecular weight excluding hydrogens is 452 g/mol. The third kappa shape index (κ3) is 8.27. The highest BCUT2D eigenvalue weighted by molar-refractivity contribution is 5.89. The lowest BCUT2D eigenvalue weighted by molar-refractivity contribution is -0.287. The largest absolute Gasteiger partial charge is 0.790 e. The van der Waals surface area contributed by atoms with E-state index in [1.807, 2.05) is 0 Å². The van der Waals surface area contributed by atoms with Crippen LogP contribution in [0, 0.1) is 10.8 Å². The van der Waals surface area contributed by atoms with Gasteiger partial charge in [-0.3, -0.25) is 0 Å². The molecule has 6 N–H and O–H groups in total. The van der Waals surface area contributed by atoms with Gasteiger partial charge in [0, 0.05) is 49.3 Å². The van der Waals surface area contributed by atoms with Crippen LogP contribution >= 0.6 is 0 Å². The summed E-state index contributed by atoms with van der Waals surface area (Å²) in [6, 6.07) is 0.979. The highest BCUT2D eigenvalue weighted by atomic mass is 16.3. The van der Waals surface area contributed by atoms with E-state index in [0.717, 1.165) is 51.9 Å². The van der Waals surface area contributed by atoms with Crippen molar-refractivity contribution in [1.29, 1.82) is 0 Å². The van der Waals surface area contributed by atoms with Gasteiger partial charge in [-0.15, -0.1) is 0 Å². The molecule has 2 fully saturated rings. The Kier molecular flexibility index (Phi) is 8.96. The minimum absolute atomic E-state index is 0.0807. The van der Waals surface area contributed by atoms with E-state index in [1.165, 1.54) is 0 Å². The van der Waals surface area contributed by atoms with Gasteiger partial charge in [0.2, 0.25) is 11.4 Å². The lowest BCUT2D eigenvalue weighted by Crippen LogP contribution is -2.53. The Morgan fingerprint density at radius 2 is 1.31 bits per heavy atom. The molecule has 206 valence electrons. The van der Waals surface area contributed by atoms with Gasteiger partial charge in [0.05, 0.1) is 0 Å². The summed E-state index contributed by atoms with van der Waals surface area (Å²) in [7, 11) is 0. The molecule has 8 nitrogen and oxygen atoms in total. The summed E-state index contributed by atoms with van der Waals surface area (Å²) >= 11 is 0. The van der Waals surface area contributed by atoms with Gasteiger partial charge in [0.25, 0.3) is 0 Å². The van der Waals surface area contributed by atoms with E-state index < -0.39 is 0 Å². The van der Waals surface area contributed by atoms with Crippen molar-refractivity contribution in [2.75, 3.05) is 49.9 Å². The van der Waals surface area contributed by atoms with E-state index in [9.17, 15) is 10.2 Å². The molecule has 0 spiro atoms. The van der Waals surface area contributed by atoms with Crippen molar-refractivity contribution in [3.05, 3.63) is 0 Å². The van der Waals surface area contributed by atoms with Crippen molar-refractivity contribution in [2.24, 2.45) is 10.8 Å². The first-order chi connectivity index (χ1) is 16.6. The summed E-state index contributed by atoms with van der Waals surface area (Å²) in [5.41, 5.74) is 0.605. The molecule has 8 heteroatoms. The first-order valence-electron chi connectivity index (χ1n) is 13.9. The Labute approximate surface area is 219 Å². The maximum atomic E-state index is 12.7. The minimum atomic E-state index is -0.187. The van der Waals surface area contributed by atoms with Gasteiger partial charge in [0.15, 0.2) is 11.5 Å². The minimum Gasteiger partial charge on any atom is -0.790 e. The highest BCUT2D eigenvalue weighted by Crippen LogP contribution is 2.48. The van der Waals surface area contributed by atoms with Gasteiger partial charge in [-0.05, 0) is 77.3 Å². The summed E-state index contributed by atoms with van der Waals surface area (Å²) in [6.07, 6.45) is 4.42. The number of piperidine rings is 2. The molecule has 0 amide bonds. The van der Waals surface area contributed by atoms with E-state index in [4.69, 9.17) is 0 Å². The molecule has 36 heavy (non-hydrogen) atoms. The Bertz CT molecular complexity index is 756. The van der Waals surface area contributed by atoms with Gasteiger partial charge in [0.1, 0.15) is 0 Å². The van der Waals surface area contributed by atoms with Crippen molar-refractivity contribution in [1.82, 2.24) is 21.3 Å². The van der Waals surface area contributed by atoms with Crippen molar-refractivity contribution in [3.8, 4) is 11.5 Å². The Hall–Kier alpha value is -1.48. The monoisotopic (exact) mass is 504 g/mol. The normalized spacial score (nSPS) is 24.6. The molecule has 2 atom stereocenters. The maximum Gasteiger partial charge on any atom is 0.249 e. The third-order valence-electron chi connectivity index (χ3n) is 7.84. The number of anilines is 2. The zero-order valence-corrected chi connectivity index (χ0v) is 24.0. The summed E-state index contributed by atoms with van der Waals surface area (Å²) in [4.78, 5) is 0. The summed E-state index contributed by atoms with van der Waals surface area (Å²) in [5, 5.41) is 46.2. The summed E-state index contributed by atoms with van der Waals surface area (Å²) in [5.74, 6) is -0.375. The maximum absolute atomic E-state index is 12.7. The summed E-state index contributed by atoms with van der Waals surface area (Å²) < 4.78 is 0. The molecule has 2 aliphatic rings. The average molecular weight is 505 g/mol. The Balaban J connectivity index is 1.42. The van der Waals surface area contributed by atoms with E-state index in [-0.39, 0.29) is 44.8 Å². The zero-order chi connectivity index (χ0) is 26.8. The van der Waals surface area contributed by atoms with Crippen LogP contribution in [-0.4, -0.2) is 62.4 Å². The van der Waals surface area contributed by atoms with Crippen LogP contribution < -0.4 is 42.1 Å². The Morgan fingerprint density at radius 1 is 0.833 bits per heavy atom. The van der Waals surface area contributed by atoms with Crippen molar-refractivity contribution < 1.29 is 10.2 Å². The van der Waals surface area contributed by atoms with E-state index in [0.29, 0.717) is 25.2 Å². The summed E-state index contributed by atoms with van der Waals surface area (Å²) in [6.45, 7) is 22.5. The topological polar surface area (TPSA) is 118 Å². The lowest BCUT2D eigenvalue weighted by Gasteiger charge is -2.38. The fourth-order valence-corrected chi connectivity index (χ4v) is 5.43. The first-order valence-corrected chi connectivity index (χ1v) is 13.9. The number of hydrogen-bond donors (Lipinski definition) is 6. The number of rotatable bonds is 12. The van der Waals surface area contributed by atoms with Gasteiger partial charge in [-0.2, -0.15) is 0 Å². The third-order valence-corrected chi connectivity index (χ3v) is 7.84. The standard InChI is InChI=1S/C28H52N6O2/c1-25(2,15-29-19-9-11-33-27(5,6)13-19)17-31-21-23(35)22(24(21)36)32-18-26(3,4)16-30-20-10-12-34-28(7,8)14-20/h19-20,29-34H,9-18H2,1-8H3. The Morgan fingerprint density at radius 3 is 1.75 bits per heavy atom. The van der Waals surface area contributed by atoms with Crippen LogP contribution in [0.15, 0.2) is 0 Å². The molecule has 1 aromatic rings. The molecule has 2 heterocycles. The first kappa shape index (κ1) is 29.1. The molecule has 0 aliphatic carbocycles. The molecule has 1 aromatic carbocycles. The second-order valence-corrected chi connectivity index (χ2v) is 14.2. The molecule has 2 saturated heterocycles. The number of hydrogen-bond acceptors (Lipinski definition) is 8. The average Bonchev–Trinajstić information content (AvgIpc) is 2.75. The molecule has 2 unspecified atom stereocenters. The fourth-order valence-electron chi connectivity index (χ4n) is 5.43. The van der Waals surface area contributed by atoms with Crippen LogP contribution in [0.5, 0.6) is 11.5 Å². The van der Waals surface area contributed by atoms with Gasteiger partial charge in [-0.1, -0.05) is 27.7 Å². The van der Waals surface area contributed by atoms with Gasteiger partial charge < -0.3 is 42.1 Å². The van der Waals surface area contributed by atoms with Crippen molar-refractivity contribution in [2.45, 2.75) is 104 Å². The molecule has 3 rings (SSSR count). The van der Waals surface area contributed by atoms with Gasteiger partial charge in [-0.25, -0.2) is 0 Å². The smallest absolute Gasteiger partial charge is 0.249 e. The SMILES string of the molecule is CC(C)(CNc1c([O-])[c+](NCC(C)(C)CNC2CCNC(C)(C)C2)[c+]1[O-])CNC1CCNC(C)(C)C1. The highest BCUT2D eigenvalue weighted by Gasteiger charge is 2.34. The number of nitrogens with one attached hydrogen (secondary N) is 6. The van der Waals surface area contributed by atoms with Crippen LogP contribution in [-0.2, 0) is 0 Å². The predicted molar refractivity (Wildman–Crippen MR) is 147 cm³/mol. The molecular formula is C28H52N6O2. The van der Waals surface area contributed by atoms with Crippen LogP contribution in [0.4, 0.5) is 11.4 Å². The molecule has 0 aromatic heterocycles. The quantitative estimate of drug-likeness (QED) is 0.240. The van der Waals surface area contributed by atoms with Crippen LogP contribution in [0.1, 0.15) is 81.1 Å². The fraction of sp³-hybridized carbons (Fsp3) is 0.857. The molecule has 0 saturated carbocycles. The van der Waals surface area contributed by atoms with E-state index >= 15 is 0 Å². The molecule has 0 radical (unpaired) electrons. The zero-order valence-electron chi connectivity index (χ0n) is 24.0. The molecule has 0 bridgehead atoms.